The first-order valence-electron chi connectivity index (χ1n) is 10.1. The molecule has 6 nitrogen and oxygen atoms in total. The molecule has 0 saturated carbocycles. The van der Waals surface area contributed by atoms with Crippen LogP contribution in [0.25, 0.3) is 11.6 Å². The largest absolute Gasteiger partial charge is 0.496 e. The average molecular weight is 421 g/mol. The van der Waals surface area contributed by atoms with Crippen LogP contribution in [0.3, 0.4) is 0 Å². The van der Waals surface area contributed by atoms with E-state index in [1.807, 2.05) is 50.2 Å². The molecule has 1 amide bonds. The van der Waals surface area contributed by atoms with E-state index in [4.69, 9.17) is 9.47 Å². The Hall–Kier alpha value is -3.59. The molecule has 2 aromatic rings. The number of ether oxygens (including phenoxy) is 2. The molecule has 31 heavy (non-hydrogen) atoms. The molecule has 0 spiro atoms. The van der Waals surface area contributed by atoms with Crippen molar-refractivity contribution >= 4 is 23.5 Å². The highest BCUT2D eigenvalue weighted by atomic mass is 16.5. The maximum atomic E-state index is 13.1. The topological polar surface area (TPSA) is 88.4 Å². The Morgan fingerprint density at radius 3 is 2.26 bits per heavy atom. The fraction of sp³-hybridized carbons (Fsp3) is 0.320. The fourth-order valence-corrected chi connectivity index (χ4v) is 2.76. The highest BCUT2D eigenvalue weighted by Crippen LogP contribution is 2.26. The molecule has 0 unspecified atom stereocenters. The maximum absolute atomic E-state index is 13.1. The Balaban J connectivity index is 2.31. The second kappa shape index (κ2) is 10.4. The third kappa shape index (κ3) is 5.95. The summed E-state index contributed by atoms with van der Waals surface area (Å²) in [5, 5.41) is 12.1. The van der Waals surface area contributed by atoms with Crippen molar-refractivity contribution in [3.63, 3.8) is 0 Å². The van der Waals surface area contributed by atoms with Gasteiger partial charge >= 0.3 is 5.97 Å². The van der Waals surface area contributed by atoms with E-state index in [-0.39, 0.29) is 11.5 Å². The van der Waals surface area contributed by atoms with Gasteiger partial charge in [0.25, 0.3) is 5.91 Å². The maximum Gasteiger partial charge on any atom is 0.339 e. The zero-order chi connectivity index (χ0) is 23.0. The zero-order valence-electron chi connectivity index (χ0n) is 18.5. The molecule has 2 rings (SSSR count). The zero-order valence-corrected chi connectivity index (χ0v) is 18.5. The number of methoxy groups -OCH3 is 1. The van der Waals surface area contributed by atoms with Crippen molar-refractivity contribution in [3.05, 3.63) is 65.7 Å². The van der Waals surface area contributed by atoms with Gasteiger partial charge in [-0.05, 0) is 37.5 Å². The van der Waals surface area contributed by atoms with Gasteiger partial charge in [0, 0.05) is 5.56 Å². The first kappa shape index (κ1) is 23.7. The van der Waals surface area contributed by atoms with Crippen LogP contribution in [0.5, 0.6) is 5.75 Å². The number of hydrogen-bond acceptors (Lipinski definition) is 5. The van der Waals surface area contributed by atoms with Gasteiger partial charge in [0.1, 0.15) is 11.3 Å². The van der Waals surface area contributed by atoms with Crippen molar-refractivity contribution in [2.24, 2.45) is 5.92 Å². The lowest BCUT2D eigenvalue weighted by atomic mass is 9.90. The van der Waals surface area contributed by atoms with E-state index in [0.717, 1.165) is 0 Å². The number of nitrogens with zero attached hydrogens (tertiary/aromatic N) is 1. The number of para-hydroxylation sites is 1. The number of hydrogen-bond donors (Lipinski definition) is 1. The number of nitriles is 1. The molecule has 0 radical (unpaired) electrons. The van der Waals surface area contributed by atoms with Crippen LogP contribution in [0.15, 0.2) is 54.6 Å². The first-order chi connectivity index (χ1) is 14.7. The van der Waals surface area contributed by atoms with Crippen molar-refractivity contribution in [2.75, 3.05) is 7.11 Å². The standard InChI is InChI=1S/C25H28N2O4/c1-17(2)25(4,16-26)27-23(28)18(3)31-24(29)21(19-11-7-6-8-12-19)15-20-13-9-10-14-22(20)30-5/h6-15,17-18H,1-5H3,(H,27,28)/b21-15+/t18-,25+/m0/s1. The summed E-state index contributed by atoms with van der Waals surface area (Å²) in [6.07, 6.45) is 0.595. The van der Waals surface area contributed by atoms with E-state index in [9.17, 15) is 14.9 Å². The van der Waals surface area contributed by atoms with Crippen molar-refractivity contribution in [1.29, 1.82) is 5.26 Å². The third-order valence-corrected chi connectivity index (χ3v) is 5.17. The summed E-state index contributed by atoms with van der Waals surface area (Å²) in [6.45, 7) is 6.80. The van der Waals surface area contributed by atoms with Crippen molar-refractivity contribution < 1.29 is 19.1 Å². The fourth-order valence-electron chi connectivity index (χ4n) is 2.76. The smallest absolute Gasteiger partial charge is 0.339 e. The molecule has 0 fully saturated rings. The quantitative estimate of drug-likeness (QED) is 0.392. The lowest BCUT2D eigenvalue weighted by molar-refractivity contribution is -0.150. The van der Waals surface area contributed by atoms with Gasteiger partial charge in [-0.25, -0.2) is 4.79 Å². The Morgan fingerprint density at radius 1 is 1.06 bits per heavy atom. The van der Waals surface area contributed by atoms with Crippen LogP contribution < -0.4 is 10.1 Å². The highest BCUT2D eigenvalue weighted by molar-refractivity contribution is 6.22. The molecule has 162 valence electrons. The second-order valence-electron chi connectivity index (χ2n) is 7.67. The number of benzene rings is 2. The molecule has 0 aliphatic carbocycles. The van der Waals surface area contributed by atoms with E-state index < -0.39 is 23.5 Å². The normalized spacial score (nSPS) is 14.2. The molecule has 0 heterocycles. The highest BCUT2D eigenvalue weighted by Gasteiger charge is 2.33. The lowest BCUT2D eigenvalue weighted by Gasteiger charge is -2.28. The summed E-state index contributed by atoms with van der Waals surface area (Å²) in [5.74, 6) is -0.690. The molecule has 2 aromatic carbocycles. The van der Waals surface area contributed by atoms with Gasteiger partial charge in [-0.1, -0.05) is 62.4 Å². The van der Waals surface area contributed by atoms with E-state index in [0.29, 0.717) is 16.9 Å². The van der Waals surface area contributed by atoms with Crippen molar-refractivity contribution in [2.45, 2.75) is 39.3 Å². The van der Waals surface area contributed by atoms with Crippen LogP contribution in [0.4, 0.5) is 0 Å². The molecule has 0 aliphatic rings. The number of rotatable bonds is 8. The average Bonchev–Trinajstić information content (AvgIpc) is 2.77. The van der Waals surface area contributed by atoms with Crippen LogP contribution in [-0.4, -0.2) is 30.6 Å². The summed E-state index contributed by atoms with van der Waals surface area (Å²) < 4.78 is 10.9. The number of carbonyl (C=O) groups is 2. The Labute approximate surface area is 183 Å². The SMILES string of the molecule is COc1ccccc1/C=C(/C(=O)O[C@@H](C)C(=O)N[C@](C)(C#N)C(C)C)c1ccccc1. The van der Waals surface area contributed by atoms with E-state index in [1.54, 1.807) is 38.3 Å². The molecule has 0 aliphatic heterocycles. The minimum Gasteiger partial charge on any atom is -0.496 e. The third-order valence-electron chi connectivity index (χ3n) is 5.17. The predicted octanol–water partition coefficient (Wildman–Crippen LogP) is 4.22. The van der Waals surface area contributed by atoms with Crippen molar-refractivity contribution in [1.82, 2.24) is 5.32 Å². The number of nitrogens with one attached hydrogen (secondary N) is 1. The van der Waals surface area contributed by atoms with Gasteiger partial charge in [0.05, 0.1) is 18.8 Å². The number of carbonyl (C=O) groups excluding carboxylic acids is 2. The molecular weight excluding hydrogens is 392 g/mol. The lowest BCUT2D eigenvalue weighted by Crippen LogP contribution is -2.52. The summed E-state index contributed by atoms with van der Waals surface area (Å²) in [7, 11) is 1.56. The monoisotopic (exact) mass is 420 g/mol. The molecular formula is C25H28N2O4. The van der Waals surface area contributed by atoms with Gasteiger partial charge in [-0.15, -0.1) is 0 Å². The van der Waals surface area contributed by atoms with Crippen LogP contribution in [-0.2, 0) is 14.3 Å². The van der Waals surface area contributed by atoms with Crippen LogP contribution in [0.2, 0.25) is 0 Å². The van der Waals surface area contributed by atoms with E-state index in [2.05, 4.69) is 11.4 Å². The van der Waals surface area contributed by atoms with Gasteiger partial charge in [0.2, 0.25) is 0 Å². The molecule has 6 heteroatoms. The van der Waals surface area contributed by atoms with E-state index >= 15 is 0 Å². The van der Waals surface area contributed by atoms with Crippen LogP contribution in [0.1, 0.15) is 38.8 Å². The first-order valence-corrected chi connectivity index (χ1v) is 10.1. The molecule has 0 aromatic heterocycles. The molecule has 1 N–H and O–H groups in total. The molecule has 0 saturated heterocycles. The minimum atomic E-state index is -1.08. The van der Waals surface area contributed by atoms with E-state index in [1.165, 1.54) is 6.92 Å². The molecule has 2 atom stereocenters. The number of amides is 1. The summed E-state index contributed by atoms with van der Waals surface area (Å²) >= 11 is 0. The van der Waals surface area contributed by atoms with Gasteiger partial charge in [-0.3, -0.25) is 4.79 Å². The Bertz CT molecular complexity index is 992. The van der Waals surface area contributed by atoms with Crippen LogP contribution >= 0.6 is 0 Å². The predicted molar refractivity (Wildman–Crippen MR) is 120 cm³/mol. The second-order valence-corrected chi connectivity index (χ2v) is 7.67. The summed E-state index contributed by atoms with van der Waals surface area (Å²) in [5.41, 5.74) is 0.578. The van der Waals surface area contributed by atoms with Gasteiger partial charge < -0.3 is 14.8 Å². The minimum absolute atomic E-state index is 0.116. The Kier molecular flexibility index (Phi) is 7.98. The molecule has 0 bridgehead atoms. The van der Waals surface area contributed by atoms with Gasteiger partial charge in [-0.2, -0.15) is 5.26 Å². The number of esters is 1. The van der Waals surface area contributed by atoms with Gasteiger partial charge in [0.15, 0.2) is 6.10 Å². The van der Waals surface area contributed by atoms with Crippen molar-refractivity contribution in [3.8, 4) is 11.8 Å². The van der Waals surface area contributed by atoms with Crippen LogP contribution in [0, 0.1) is 17.2 Å². The Morgan fingerprint density at radius 2 is 1.68 bits per heavy atom. The summed E-state index contributed by atoms with van der Waals surface area (Å²) in [4.78, 5) is 25.7. The summed E-state index contributed by atoms with van der Waals surface area (Å²) in [6, 6.07) is 18.5.